The largest absolute Gasteiger partial charge is 0.393 e. The number of aliphatic hydroxyl groups is 1. The number of nitrogens with one attached hydrogen (secondary N) is 2. The first-order valence-corrected chi connectivity index (χ1v) is 7.10. The van der Waals surface area contributed by atoms with E-state index in [1.165, 1.54) is 0 Å². The zero-order valence-corrected chi connectivity index (χ0v) is 11.7. The molecule has 0 saturated heterocycles. The highest BCUT2D eigenvalue weighted by molar-refractivity contribution is 6.19. The Kier molecular flexibility index (Phi) is 2.62. The monoisotopic (exact) mass is 294 g/mol. The Labute approximate surface area is 127 Å². The third-order valence-corrected chi connectivity index (χ3v) is 4.47. The van der Waals surface area contributed by atoms with E-state index in [-0.39, 0.29) is 11.7 Å². The summed E-state index contributed by atoms with van der Waals surface area (Å²) in [6.45, 7) is -0.451. The van der Waals surface area contributed by atoms with E-state index in [9.17, 15) is 14.7 Å². The molecule has 0 radical (unpaired) electrons. The maximum Gasteiger partial charge on any atom is 0.234 e. The molecule has 0 spiro atoms. The van der Waals surface area contributed by atoms with E-state index < -0.39 is 18.1 Å². The van der Waals surface area contributed by atoms with Crippen molar-refractivity contribution < 1.29 is 14.7 Å². The SMILES string of the molecule is O=C1Nc2ccccc2C1C1(CO)Nc2ccccc2C1=O. The van der Waals surface area contributed by atoms with E-state index >= 15 is 0 Å². The minimum absolute atomic E-state index is 0.248. The fourth-order valence-electron chi connectivity index (χ4n) is 3.43. The molecule has 0 fully saturated rings. The average molecular weight is 294 g/mol. The number of benzene rings is 2. The molecule has 2 aromatic rings. The molecule has 4 rings (SSSR count). The number of Topliss-reactive ketones (excluding diaryl/α,β-unsaturated/α-hetero) is 1. The van der Waals surface area contributed by atoms with Crippen molar-refractivity contribution in [2.45, 2.75) is 11.5 Å². The van der Waals surface area contributed by atoms with Gasteiger partial charge in [0, 0.05) is 16.9 Å². The lowest BCUT2D eigenvalue weighted by molar-refractivity contribution is -0.118. The summed E-state index contributed by atoms with van der Waals surface area (Å²) < 4.78 is 0. The van der Waals surface area contributed by atoms with Crippen LogP contribution in [0.5, 0.6) is 0 Å². The zero-order chi connectivity index (χ0) is 15.3. The second kappa shape index (κ2) is 4.42. The van der Waals surface area contributed by atoms with Crippen molar-refractivity contribution in [3.8, 4) is 0 Å². The Morgan fingerprint density at radius 1 is 1.00 bits per heavy atom. The summed E-state index contributed by atoms with van der Waals surface area (Å²) in [5.41, 5.74) is 1.24. The Hall–Kier alpha value is -2.66. The van der Waals surface area contributed by atoms with Crippen LogP contribution < -0.4 is 10.6 Å². The van der Waals surface area contributed by atoms with Gasteiger partial charge in [-0.2, -0.15) is 0 Å². The van der Waals surface area contributed by atoms with Crippen molar-refractivity contribution in [2.24, 2.45) is 0 Å². The Bertz CT molecular complexity index is 802. The van der Waals surface area contributed by atoms with E-state index in [0.29, 0.717) is 16.9 Å². The smallest absolute Gasteiger partial charge is 0.234 e. The quantitative estimate of drug-likeness (QED) is 0.788. The summed E-state index contributed by atoms with van der Waals surface area (Å²) in [5.74, 6) is -1.28. The summed E-state index contributed by atoms with van der Waals surface area (Å²) >= 11 is 0. The summed E-state index contributed by atoms with van der Waals surface area (Å²) in [6, 6.07) is 14.3. The van der Waals surface area contributed by atoms with Crippen molar-refractivity contribution in [1.82, 2.24) is 0 Å². The standard InChI is InChI=1S/C17H14N2O3/c20-9-17(15(21)11-6-2-4-8-13(11)19-17)14-10-5-1-3-7-12(10)18-16(14)22/h1-8,14,19-20H,9H2,(H,18,22). The van der Waals surface area contributed by atoms with Gasteiger partial charge in [-0.1, -0.05) is 30.3 Å². The van der Waals surface area contributed by atoms with E-state index in [1.807, 2.05) is 24.3 Å². The van der Waals surface area contributed by atoms with E-state index in [2.05, 4.69) is 10.6 Å². The van der Waals surface area contributed by atoms with Gasteiger partial charge in [0.15, 0.2) is 5.78 Å². The van der Waals surface area contributed by atoms with Crippen molar-refractivity contribution >= 4 is 23.1 Å². The van der Waals surface area contributed by atoms with Crippen molar-refractivity contribution in [3.05, 3.63) is 59.7 Å². The molecule has 110 valence electrons. The van der Waals surface area contributed by atoms with Gasteiger partial charge < -0.3 is 15.7 Å². The van der Waals surface area contributed by atoms with Crippen LogP contribution in [0.15, 0.2) is 48.5 Å². The predicted octanol–water partition coefficient (Wildman–Crippen LogP) is 1.76. The maximum absolute atomic E-state index is 12.9. The van der Waals surface area contributed by atoms with E-state index in [4.69, 9.17) is 0 Å². The van der Waals surface area contributed by atoms with Crippen LogP contribution in [-0.4, -0.2) is 28.9 Å². The number of carbonyl (C=O) groups excluding carboxylic acids is 2. The molecule has 2 aliphatic heterocycles. The number of carbonyl (C=O) groups is 2. The Morgan fingerprint density at radius 2 is 1.68 bits per heavy atom. The van der Waals surface area contributed by atoms with Gasteiger partial charge in [-0.25, -0.2) is 0 Å². The normalized spacial score (nSPS) is 25.4. The van der Waals surface area contributed by atoms with Gasteiger partial charge >= 0.3 is 0 Å². The minimum atomic E-state index is -1.35. The number of hydrogen-bond donors (Lipinski definition) is 3. The summed E-state index contributed by atoms with van der Waals surface area (Å²) in [4.78, 5) is 25.4. The molecule has 2 heterocycles. The molecule has 2 aliphatic rings. The highest BCUT2D eigenvalue weighted by atomic mass is 16.3. The lowest BCUT2D eigenvalue weighted by Gasteiger charge is -2.31. The zero-order valence-electron chi connectivity index (χ0n) is 11.7. The molecule has 5 nitrogen and oxygen atoms in total. The molecule has 2 atom stereocenters. The van der Waals surface area contributed by atoms with Crippen LogP contribution in [0.4, 0.5) is 11.4 Å². The number of fused-ring (bicyclic) bond motifs is 2. The maximum atomic E-state index is 12.9. The molecule has 2 aromatic carbocycles. The fourth-order valence-corrected chi connectivity index (χ4v) is 3.43. The van der Waals surface area contributed by atoms with Gasteiger partial charge in [-0.15, -0.1) is 0 Å². The highest BCUT2D eigenvalue weighted by Crippen LogP contribution is 2.46. The lowest BCUT2D eigenvalue weighted by Crippen LogP contribution is -2.52. The number of ketones is 1. The first kappa shape index (κ1) is 13.0. The van der Waals surface area contributed by atoms with E-state index in [0.717, 1.165) is 5.56 Å². The van der Waals surface area contributed by atoms with Gasteiger partial charge in [0.2, 0.25) is 5.91 Å². The lowest BCUT2D eigenvalue weighted by atomic mass is 9.77. The van der Waals surface area contributed by atoms with E-state index in [1.54, 1.807) is 24.3 Å². The minimum Gasteiger partial charge on any atom is -0.393 e. The van der Waals surface area contributed by atoms with Gasteiger partial charge in [0.1, 0.15) is 5.54 Å². The van der Waals surface area contributed by atoms with Crippen LogP contribution in [0.3, 0.4) is 0 Å². The number of anilines is 2. The van der Waals surface area contributed by atoms with Crippen molar-refractivity contribution in [3.63, 3.8) is 0 Å². The molecule has 1 amide bonds. The molecule has 3 N–H and O–H groups in total. The molecule has 5 heteroatoms. The second-order valence-corrected chi connectivity index (χ2v) is 5.64. The fraction of sp³-hybridized carbons (Fsp3) is 0.176. The van der Waals surface area contributed by atoms with Crippen molar-refractivity contribution in [1.29, 1.82) is 0 Å². The second-order valence-electron chi connectivity index (χ2n) is 5.64. The van der Waals surface area contributed by atoms with Crippen LogP contribution >= 0.6 is 0 Å². The molecule has 2 unspecified atom stereocenters. The number of amides is 1. The van der Waals surface area contributed by atoms with Crippen LogP contribution in [0.1, 0.15) is 21.8 Å². The summed E-state index contributed by atoms with van der Waals surface area (Å²) in [5, 5.41) is 15.9. The summed E-state index contributed by atoms with van der Waals surface area (Å²) in [7, 11) is 0. The molecule has 0 bridgehead atoms. The van der Waals surface area contributed by atoms with Crippen LogP contribution in [0, 0.1) is 0 Å². The molecule has 0 aromatic heterocycles. The molecular formula is C17H14N2O3. The third kappa shape index (κ3) is 1.51. The average Bonchev–Trinajstić information content (AvgIpc) is 3.02. The van der Waals surface area contributed by atoms with Gasteiger partial charge in [-0.3, -0.25) is 9.59 Å². The van der Waals surface area contributed by atoms with Crippen molar-refractivity contribution in [2.75, 3.05) is 17.2 Å². The number of aliphatic hydroxyl groups excluding tert-OH is 1. The van der Waals surface area contributed by atoms with Gasteiger partial charge in [0.25, 0.3) is 0 Å². The molecule has 0 saturated carbocycles. The Balaban J connectivity index is 1.88. The predicted molar refractivity (Wildman–Crippen MR) is 82.0 cm³/mol. The topological polar surface area (TPSA) is 78.4 Å². The highest BCUT2D eigenvalue weighted by Gasteiger charge is 2.56. The van der Waals surface area contributed by atoms with Gasteiger partial charge in [-0.05, 0) is 23.8 Å². The van der Waals surface area contributed by atoms with Crippen LogP contribution in [0.2, 0.25) is 0 Å². The van der Waals surface area contributed by atoms with Gasteiger partial charge in [0.05, 0.1) is 12.5 Å². The Morgan fingerprint density at radius 3 is 2.41 bits per heavy atom. The first-order chi connectivity index (χ1) is 10.7. The first-order valence-electron chi connectivity index (χ1n) is 7.10. The number of para-hydroxylation sites is 2. The van der Waals surface area contributed by atoms with Crippen LogP contribution in [-0.2, 0) is 4.79 Å². The number of rotatable bonds is 2. The molecule has 22 heavy (non-hydrogen) atoms. The molecule has 0 aliphatic carbocycles. The van der Waals surface area contributed by atoms with Crippen LogP contribution in [0.25, 0.3) is 0 Å². The third-order valence-electron chi connectivity index (χ3n) is 4.47. The number of hydrogen-bond acceptors (Lipinski definition) is 4. The molecular weight excluding hydrogens is 280 g/mol. The summed E-state index contributed by atoms with van der Waals surface area (Å²) in [6.07, 6.45) is 0.